The van der Waals surface area contributed by atoms with Gasteiger partial charge in [-0.15, -0.1) is 10.2 Å². The molecule has 0 bridgehead atoms. The highest BCUT2D eigenvalue weighted by Gasteiger charge is 2.14. The number of nitrogens with zero attached hydrogens (tertiary/aromatic N) is 5. The monoisotopic (exact) mass is 283 g/mol. The Kier molecular flexibility index (Phi) is 3.74. The Morgan fingerprint density at radius 3 is 2.57 bits per heavy atom. The number of imidazole rings is 1. The van der Waals surface area contributed by atoms with Crippen LogP contribution in [0.15, 0.2) is 43.0 Å². The summed E-state index contributed by atoms with van der Waals surface area (Å²) in [7, 11) is 0. The van der Waals surface area contributed by atoms with E-state index in [2.05, 4.69) is 62.1 Å². The number of hydrogen-bond acceptors (Lipinski definition) is 5. The summed E-state index contributed by atoms with van der Waals surface area (Å²) in [5, 5.41) is 17.5. The van der Waals surface area contributed by atoms with Crippen LogP contribution in [-0.4, -0.2) is 30.2 Å². The molecule has 7 heteroatoms. The van der Waals surface area contributed by atoms with Gasteiger partial charge in [-0.05, 0) is 31.5 Å². The molecule has 2 atom stereocenters. The van der Waals surface area contributed by atoms with Crippen LogP contribution >= 0.6 is 0 Å². The second kappa shape index (κ2) is 5.84. The molecule has 0 saturated carbocycles. The first-order valence-corrected chi connectivity index (χ1v) is 6.81. The molecule has 3 rings (SSSR count). The van der Waals surface area contributed by atoms with Crippen LogP contribution in [0.1, 0.15) is 37.3 Å². The predicted octanol–water partition coefficient (Wildman–Crippen LogP) is 1.80. The van der Waals surface area contributed by atoms with Crippen molar-refractivity contribution in [3.05, 3.63) is 54.4 Å². The Morgan fingerprint density at radius 2 is 1.95 bits per heavy atom. The highest BCUT2D eigenvalue weighted by molar-refractivity contribution is 5.35. The number of nitrogens with one attached hydrogen (secondary N) is 2. The smallest absolute Gasteiger partial charge is 0.191 e. The Labute approximate surface area is 122 Å². The molecule has 0 amide bonds. The maximum absolute atomic E-state index is 4.05. The Hall–Kier alpha value is -2.54. The maximum Gasteiger partial charge on any atom is 0.191 e. The summed E-state index contributed by atoms with van der Waals surface area (Å²) in [4.78, 5) is 4.05. The number of rotatable bonds is 5. The molecule has 0 aliphatic heterocycles. The lowest BCUT2D eigenvalue weighted by Gasteiger charge is -2.18. The minimum atomic E-state index is 0.0343. The molecule has 0 aliphatic rings. The van der Waals surface area contributed by atoms with E-state index in [-0.39, 0.29) is 12.1 Å². The number of aromatic amines is 1. The van der Waals surface area contributed by atoms with Gasteiger partial charge in [-0.1, -0.05) is 17.3 Å². The fourth-order valence-electron chi connectivity index (χ4n) is 2.25. The zero-order valence-electron chi connectivity index (χ0n) is 11.9. The minimum Gasteiger partial charge on any atom is -0.306 e. The lowest BCUT2D eigenvalue weighted by atomic mass is 10.1. The molecule has 0 aliphatic carbocycles. The molecule has 0 saturated heterocycles. The van der Waals surface area contributed by atoms with Gasteiger partial charge in [-0.2, -0.15) is 5.21 Å². The number of tetrazole rings is 1. The van der Waals surface area contributed by atoms with Crippen molar-refractivity contribution in [1.82, 2.24) is 35.5 Å². The summed E-state index contributed by atoms with van der Waals surface area (Å²) in [6, 6.07) is 8.59. The van der Waals surface area contributed by atoms with Crippen molar-refractivity contribution in [2.75, 3.05) is 0 Å². The maximum atomic E-state index is 4.05. The van der Waals surface area contributed by atoms with Crippen molar-refractivity contribution in [1.29, 1.82) is 0 Å². The van der Waals surface area contributed by atoms with Gasteiger partial charge >= 0.3 is 0 Å². The predicted molar refractivity (Wildman–Crippen MR) is 77.7 cm³/mol. The first-order valence-electron chi connectivity index (χ1n) is 6.81. The second-order valence-corrected chi connectivity index (χ2v) is 4.94. The molecule has 2 heterocycles. The van der Waals surface area contributed by atoms with Gasteiger partial charge in [0.1, 0.15) is 0 Å². The van der Waals surface area contributed by atoms with Gasteiger partial charge < -0.3 is 9.88 Å². The van der Waals surface area contributed by atoms with Gasteiger partial charge in [0.05, 0.1) is 12.4 Å². The van der Waals surface area contributed by atoms with Crippen LogP contribution < -0.4 is 5.32 Å². The Bertz CT molecular complexity index is 658. The van der Waals surface area contributed by atoms with E-state index < -0.39 is 0 Å². The van der Waals surface area contributed by atoms with Gasteiger partial charge in [-0.25, -0.2) is 4.98 Å². The standard InChI is InChI=1S/C14H17N7/c1-10(16-11(2)14-17-19-20-18-14)12-3-5-13(6-4-12)21-8-7-15-9-21/h3-11,16H,1-2H3,(H,17,18,19,20). The molecule has 2 N–H and O–H groups in total. The molecular weight excluding hydrogens is 266 g/mol. The third-order valence-electron chi connectivity index (χ3n) is 3.44. The molecule has 0 fully saturated rings. The third kappa shape index (κ3) is 2.97. The molecule has 2 aromatic heterocycles. The normalized spacial score (nSPS) is 14.0. The van der Waals surface area contributed by atoms with E-state index in [4.69, 9.17) is 0 Å². The molecule has 2 unspecified atom stereocenters. The minimum absolute atomic E-state index is 0.0343. The van der Waals surface area contributed by atoms with E-state index in [1.165, 1.54) is 5.56 Å². The van der Waals surface area contributed by atoms with Crippen LogP contribution in [0.5, 0.6) is 0 Å². The van der Waals surface area contributed by atoms with Crippen LogP contribution in [0.4, 0.5) is 0 Å². The topological polar surface area (TPSA) is 84.3 Å². The lowest BCUT2D eigenvalue weighted by Crippen LogP contribution is -2.23. The molecule has 0 spiro atoms. The molecule has 108 valence electrons. The molecule has 21 heavy (non-hydrogen) atoms. The van der Waals surface area contributed by atoms with Crippen molar-refractivity contribution >= 4 is 0 Å². The van der Waals surface area contributed by atoms with E-state index >= 15 is 0 Å². The van der Waals surface area contributed by atoms with Crippen LogP contribution in [0.25, 0.3) is 5.69 Å². The molecule has 1 aromatic carbocycles. The average Bonchev–Trinajstić information content (AvgIpc) is 3.20. The first-order chi connectivity index (χ1) is 10.2. The van der Waals surface area contributed by atoms with Gasteiger partial charge in [-0.3, -0.25) is 0 Å². The summed E-state index contributed by atoms with van der Waals surface area (Å²) in [6.07, 6.45) is 5.48. The summed E-state index contributed by atoms with van der Waals surface area (Å²) in [6.45, 7) is 4.13. The van der Waals surface area contributed by atoms with Crippen molar-refractivity contribution in [3.8, 4) is 5.69 Å². The third-order valence-corrected chi connectivity index (χ3v) is 3.44. The summed E-state index contributed by atoms with van der Waals surface area (Å²) >= 11 is 0. The van der Waals surface area contributed by atoms with Crippen LogP contribution in [0, 0.1) is 0 Å². The van der Waals surface area contributed by atoms with Gasteiger partial charge in [0.15, 0.2) is 5.82 Å². The summed E-state index contributed by atoms with van der Waals surface area (Å²) in [5.41, 5.74) is 2.30. The Balaban J connectivity index is 1.69. The number of benzene rings is 1. The summed E-state index contributed by atoms with van der Waals surface area (Å²) < 4.78 is 1.98. The zero-order valence-corrected chi connectivity index (χ0v) is 11.9. The Morgan fingerprint density at radius 1 is 1.14 bits per heavy atom. The van der Waals surface area contributed by atoms with Crippen molar-refractivity contribution in [2.24, 2.45) is 0 Å². The quantitative estimate of drug-likeness (QED) is 0.746. The lowest BCUT2D eigenvalue weighted by molar-refractivity contribution is 0.477. The van der Waals surface area contributed by atoms with Crippen molar-refractivity contribution < 1.29 is 0 Å². The number of aromatic nitrogens is 6. The fraction of sp³-hybridized carbons (Fsp3) is 0.286. The van der Waals surface area contributed by atoms with Crippen LogP contribution in [-0.2, 0) is 0 Å². The average molecular weight is 283 g/mol. The highest BCUT2D eigenvalue weighted by Crippen LogP contribution is 2.18. The molecule has 7 nitrogen and oxygen atoms in total. The largest absolute Gasteiger partial charge is 0.306 e. The second-order valence-electron chi connectivity index (χ2n) is 4.94. The van der Waals surface area contributed by atoms with Gasteiger partial charge in [0, 0.05) is 24.1 Å². The highest BCUT2D eigenvalue weighted by atomic mass is 15.5. The van der Waals surface area contributed by atoms with Crippen LogP contribution in [0.2, 0.25) is 0 Å². The van der Waals surface area contributed by atoms with E-state index in [0.29, 0.717) is 5.82 Å². The molecule has 0 radical (unpaired) electrons. The fourth-order valence-corrected chi connectivity index (χ4v) is 2.25. The van der Waals surface area contributed by atoms with Gasteiger partial charge in [0.2, 0.25) is 0 Å². The van der Waals surface area contributed by atoms with E-state index in [1.807, 2.05) is 17.7 Å². The zero-order chi connectivity index (χ0) is 14.7. The SMILES string of the molecule is CC(NC(C)c1nn[nH]n1)c1ccc(-n2ccnc2)cc1. The molecule has 3 aromatic rings. The van der Waals surface area contributed by atoms with E-state index in [1.54, 1.807) is 12.5 Å². The van der Waals surface area contributed by atoms with Crippen molar-refractivity contribution in [2.45, 2.75) is 25.9 Å². The van der Waals surface area contributed by atoms with Gasteiger partial charge in [0.25, 0.3) is 0 Å². The molecular formula is C14H17N7. The first kappa shape index (κ1) is 13.4. The van der Waals surface area contributed by atoms with E-state index in [0.717, 1.165) is 5.69 Å². The van der Waals surface area contributed by atoms with Crippen LogP contribution in [0.3, 0.4) is 0 Å². The van der Waals surface area contributed by atoms with Crippen molar-refractivity contribution in [3.63, 3.8) is 0 Å². The number of H-pyrrole nitrogens is 1. The summed E-state index contributed by atoms with van der Waals surface area (Å²) in [5.74, 6) is 0.664. The van der Waals surface area contributed by atoms with E-state index in [9.17, 15) is 0 Å². The number of hydrogen-bond donors (Lipinski definition) is 2.